The minimum atomic E-state index is -3.75. The number of carbonyl (C=O) groups excluding carboxylic acids is 1. The number of benzene rings is 2. The van der Waals surface area contributed by atoms with Crippen LogP contribution in [-0.2, 0) is 43.6 Å². The number of hydrogen-bond donors (Lipinski definition) is 2. The van der Waals surface area contributed by atoms with Gasteiger partial charge in [0.25, 0.3) is 0 Å². The lowest BCUT2D eigenvalue weighted by atomic mass is 9.48. The van der Waals surface area contributed by atoms with Gasteiger partial charge >= 0.3 is 5.97 Å². The van der Waals surface area contributed by atoms with Gasteiger partial charge in [-0.1, -0.05) is 50.3 Å². The molecular weight excluding hydrogens is 540 g/mol. The molecule has 220 valence electrons. The number of phenolic OH excluding ortho intramolecular Hbond substituents is 1. The summed E-state index contributed by atoms with van der Waals surface area (Å²) in [6, 6.07) is 10.6. The summed E-state index contributed by atoms with van der Waals surface area (Å²) in [5.74, 6) is 0.331. The molecule has 2 bridgehead atoms. The van der Waals surface area contributed by atoms with Gasteiger partial charge in [-0.25, -0.2) is 13.1 Å². The standard InChI is InChI=1S/C32H40N2O6S/c1-5-15-34-16-14-31-28-23-10-11-26(36)29(28)39-30(31)25(12-13-32(31,27(34)18-23)40-21(4)35)33-41(37,38)19-24-9-7-6-8-22(24)17-20(2)3/h5-11,20,25,27,30,33,36H,1,12-19H2,2-4H3/t25-,27+,30-,31-,32+/m0/s1. The zero-order chi connectivity index (χ0) is 29.2. The lowest BCUT2D eigenvalue weighted by molar-refractivity contribution is -0.217. The molecule has 4 aliphatic rings. The molecule has 1 saturated carbocycles. The van der Waals surface area contributed by atoms with Gasteiger partial charge in [0.1, 0.15) is 11.7 Å². The number of nitrogens with zero attached hydrogens (tertiary/aromatic N) is 1. The third kappa shape index (κ3) is 4.39. The minimum Gasteiger partial charge on any atom is -0.504 e. The first-order chi connectivity index (χ1) is 19.5. The SMILES string of the molecule is C=CCN1CC[C@]23c4c5ccc(O)c4O[C@H]2[C@@H](NS(=O)(=O)Cc2ccccc2CC(C)C)CC[C@@]3(OC(C)=O)[C@H]1C5. The fourth-order valence-electron chi connectivity index (χ4n) is 8.38. The molecular formula is C32H40N2O6S. The predicted octanol–water partition coefficient (Wildman–Crippen LogP) is 3.99. The van der Waals surface area contributed by atoms with E-state index in [4.69, 9.17) is 9.47 Å². The Hall–Kier alpha value is -2.88. The maximum Gasteiger partial charge on any atom is 0.303 e. The van der Waals surface area contributed by atoms with Crippen molar-refractivity contribution >= 4 is 16.0 Å². The molecule has 2 aliphatic carbocycles. The van der Waals surface area contributed by atoms with E-state index in [-0.39, 0.29) is 23.5 Å². The molecule has 9 heteroatoms. The monoisotopic (exact) mass is 580 g/mol. The first-order valence-corrected chi connectivity index (χ1v) is 16.3. The van der Waals surface area contributed by atoms with E-state index in [1.165, 1.54) is 6.92 Å². The number of phenols is 1. The summed E-state index contributed by atoms with van der Waals surface area (Å²) < 4.78 is 43.5. The zero-order valence-corrected chi connectivity index (χ0v) is 24.9. The molecule has 0 amide bonds. The van der Waals surface area contributed by atoms with Crippen LogP contribution in [0.3, 0.4) is 0 Å². The smallest absolute Gasteiger partial charge is 0.303 e. The number of likely N-dealkylation sites (tertiary alicyclic amines) is 1. The Labute approximate surface area is 242 Å². The molecule has 41 heavy (non-hydrogen) atoms. The Morgan fingerprint density at radius 1 is 1.24 bits per heavy atom. The molecule has 2 heterocycles. The maximum absolute atomic E-state index is 13.7. The Morgan fingerprint density at radius 2 is 2.00 bits per heavy atom. The second-order valence-corrected chi connectivity index (χ2v) is 14.3. The zero-order valence-electron chi connectivity index (χ0n) is 24.1. The largest absolute Gasteiger partial charge is 0.504 e. The van der Waals surface area contributed by atoms with Gasteiger partial charge in [-0.15, -0.1) is 6.58 Å². The lowest BCUT2D eigenvalue weighted by Crippen LogP contribution is -2.79. The van der Waals surface area contributed by atoms with E-state index in [0.717, 1.165) is 35.2 Å². The first kappa shape index (κ1) is 28.2. The highest BCUT2D eigenvalue weighted by molar-refractivity contribution is 7.88. The third-order valence-corrected chi connectivity index (χ3v) is 11.0. The Bertz CT molecular complexity index is 1490. The molecule has 1 saturated heterocycles. The average molecular weight is 581 g/mol. The van der Waals surface area contributed by atoms with Crippen molar-refractivity contribution < 1.29 is 27.8 Å². The van der Waals surface area contributed by atoms with Gasteiger partial charge in [0, 0.05) is 25.6 Å². The van der Waals surface area contributed by atoms with Crippen LogP contribution in [0.2, 0.25) is 0 Å². The van der Waals surface area contributed by atoms with Gasteiger partial charge in [-0.3, -0.25) is 9.69 Å². The highest BCUT2D eigenvalue weighted by atomic mass is 32.2. The van der Waals surface area contributed by atoms with E-state index >= 15 is 0 Å². The molecule has 2 fully saturated rings. The van der Waals surface area contributed by atoms with Crippen molar-refractivity contribution in [3.05, 3.63) is 71.3 Å². The Balaban J connectivity index is 1.41. The molecule has 0 unspecified atom stereocenters. The van der Waals surface area contributed by atoms with E-state index in [1.807, 2.05) is 36.4 Å². The number of rotatable bonds is 9. The van der Waals surface area contributed by atoms with Crippen molar-refractivity contribution in [1.29, 1.82) is 0 Å². The van der Waals surface area contributed by atoms with Gasteiger partial charge in [0.05, 0.1) is 23.3 Å². The second kappa shape index (κ2) is 10.1. The summed E-state index contributed by atoms with van der Waals surface area (Å²) in [6.45, 7) is 11.0. The number of carbonyl (C=O) groups is 1. The van der Waals surface area contributed by atoms with E-state index in [1.54, 1.807) is 6.07 Å². The normalized spacial score (nSPS) is 30.0. The summed E-state index contributed by atoms with van der Waals surface area (Å²) in [5.41, 5.74) is 2.06. The number of sulfonamides is 1. The molecule has 8 nitrogen and oxygen atoms in total. The van der Waals surface area contributed by atoms with Crippen LogP contribution in [0.25, 0.3) is 0 Å². The third-order valence-electron chi connectivity index (χ3n) is 9.65. The molecule has 6 rings (SSSR count). The van der Waals surface area contributed by atoms with Crippen molar-refractivity contribution in [2.75, 3.05) is 13.1 Å². The van der Waals surface area contributed by atoms with Crippen molar-refractivity contribution in [2.45, 2.75) is 87.8 Å². The van der Waals surface area contributed by atoms with Gasteiger partial charge < -0.3 is 14.6 Å². The van der Waals surface area contributed by atoms with Gasteiger partial charge in [-0.05, 0) is 60.8 Å². The minimum absolute atomic E-state index is 0.0282. The summed E-state index contributed by atoms with van der Waals surface area (Å²) in [4.78, 5) is 15.0. The number of piperidine rings is 1. The predicted molar refractivity (Wildman–Crippen MR) is 156 cm³/mol. The van der Waals surface area contributed by atoms with E-state index < -0.39 is 33.2 Å². The molecule has 1 spiro atoms. The fraction of sp³-hybridized carbons (Fsp3) is 0.531. The number of nitrogens with one attached hydrogen (secondary N) is 1. The van der Waals surface area contributed by atoms with Crippen molar-refractivity contribution in [1.82, 2.24) is 9.62 Å². The van der Waals surface area contributed by atoms with Gasteiger partial charge in [0.2, 0.25) is 10.0 Å². The highest BCUT2D eigenvalue weighted by Gasteiger charge is 2.75. The Kier molecular flexibility index (Phi) is 6.98. The number of ether oxygens (including phenoxy) is 2. The summed E-state index contributed by atoms with van der Waals surface area (Å²) in [7, 11) is -3.75. The van der Waals surface area contributed by atoms with Crippen molar-refractivity contribution in [3.63, 3.8) is 0 Å². The molecule has 5 atom stereocenters. The Morgan fingerprint density at radius 3 is 2.71 bits per heavy atom. The quantitative estimate of drug-likeness (QED) is 0.341. The van der Waals surface area contributed by atoms with Crippen LogP contribution in [0.4, 0.5) is 0 Å². The van der Waals surface area contributed by atoms with Crippen molar-refractivity contribution in [3.8, 4) is 11.5 Å². The maximum atomic E-state index is 13.7. The molecule has 2 N–H and O–H groups in total. The van der Waals surface area contributed by atoms with Gasteiger partial charge in [-0.2, -0.15) is 0 Å². The number of esters is 1. The van der Waals surface area contributed by atoms with Crippen LogP contribution >= 0.6 is 0 Å². The summed E-state index contributed by atoms with van der Waals surface area (Å²) >= 11 is 0. The van der Waals surface area contributed by atoms with E-state index in [2.05, 4.69) is 30.0 Å². The average Bonchev–Trinajstić information content (AvgIpc) is 3.25. The molecule has 0 radical (unpaired) electrons. The fourth-order valence-corrected chi connectivity index (χ4v) is 9.86. The van der Waals surface area contributed by atoms with Gasteiger partial charge in [0.15, 0.2) is 11.5 Å². The van der Waals surface area contributed by atoms with Crippen LogP contribution in [0.5, 0.6) is 11.5 Å². The summed E-state index contributed by atoms with van der Waals surface area (Å²) in [6.07, 6.45) is 4.21. The van der Waals surface area contributed by atoms with E-state index in [9.17, 15) is 18.3 Å². The highest BCUT2D eigenvalue weighted by Crippen LogP contribution is 2.66. The lowest BCUT2D eigenvalue weighted by Gasteiger charge is -2.65. The van der Waals surface area contributed by atoms with Crippen LogP contribution in [0.15, 0.2) is 49.1 Å². The number of aromatic hydroxyl groups is 1. The van der Waals surface area contributed by atoms with Crippen LogP contribution < -0.4 is 9.46 Å². The number of hydrogen-bond acceptors (Lipinski definition) is 7. The van der Waals surface area contributed by atoms with Crippen LogP contribution in [-0.4, -0.2) is 61.3 Å². The summed E-state index contributed by atoms with van der Waals surface area (Å²) in [5, 5.41) is 10.9. The first-order valence-electron chi connectivity index (χ1n) is 14.6. The molecule has 2 aliphatic heterocycles. The second-order valence-electron chi connectivity index (χ2n) is 12.6. The van der Waals surface area contributed by atoms with E-state index in [0.29, 0.717) is 43.9 Å². The molecule has 0 aromatic heterocycles. The topological polar surface area (TPSA) is 105 Å². The molecule has 2 aromatic rings. The van der Waals surface area contributed by atoms with Crippen molar-refractivity contribution in [2.24, 2.45) is 5.92 Å². The molecule has 2 aromatic carbocycles. The van der Waals surface area contributed by atoms with Crippen LogP contribution in [0.1, 0.15) is 62.3 Å². The van der Waals surface area contributed by atoms with Crippen LogP contribution in [0, 0.1) is 5.92 Å².